The van der Waals surface area contributed by atoms with Gasteiger partial charge in [-0.25, -0.2) is 4.98 Å². The molecule has 1 atom stereocenters. The van der Waals surface area contributed by atoms with Crippen LogP contribution in [0.4, 0.5) is 0 Å². The third-order valence-corrected chi connectivity index (χ3v) is 8.83. The molecule has 6 nitrogen and oxygen atoms in total. The zero-order valence-corrected chi connectivity index (χ0v) is 26.2. The maximum atomic E-state index is 14.6. The van der Waals surface area contributed by atoms with Crippen LogP contribution >= 0.6 is 22.9 Å². The van der Waals surface area contributed by atoms with Crippen molar-refractivity contribution in [3.63, 3.8) is 0 Å². The number of rotatable bonds is 7. The molecule has 4 aromatic rings. The maximum absolute atomic E-state index is 14.6. The van der Waals surface area contributed by atoms with Gasteiger partial charge in [0.25, 0.3) is 11.5 Å². The van der Waals surface area contributed by atoms with Crippen LogP contribution in [0.2, 0.25) is 5.02 Å². The van der Waals surface area contributed by atoms with Crippen LogP contribution < -0.4 is 11.3 Å². The second-order valence-corrected chi connectivity index (χ2v) is 12.3. The Morgan fingerprint density at radius 1 is 1.12 bits per heavy atom. The second kappa shape index (κ2) is 12.8. The Morgan fingerprint density at radius 2 is 1.81 bits per heavy atom. The van der Waals surface area contributed by atoms with E-state index in [4.69, 9.17) is 22.3 Å². The Labute approximate surface area is 256 Å². The smallest absolute Gasteiger partial charge is 0.265 e. The summed E-state index contributed by atoms with van der Waals surface area (Å²) in [6.45, 7) is 9.28. The van der Waals surface area contributed by atoms with Crippen LogP contribution in [0.25, 0.3) is 33.6 Å². The van der Waals surface area contributed by atoms with E-state index in [0.29, 0.717) is 39.9 Å². The third kappa shape index (κ3) is 6.00. The number of hydrogen-bond donors (Lipinski definition) is 1. The summed E-state index contributed by atoms with van der Waals surface area (Å²) in [5.74, 6) is -0.117. The zero-order chi connectivity index (χ0) is 30.0. The molecule has 1 saturated heterocycles. The van der Waals surface area contributed by atoms with E-state index in [0.717, 1.165) is 59.3 Å². The van der Waals surface area contributed by atoms with Gasteiger partial charge >= 0.3 is 0 Å². The first kappa shape index (κ1) is 30.0. The van der Waals surface area contributed by atoms with Crippen LogP contribution in [0.15, 0.2) is 64.3 Å². The standard InChI is InChI=1S/C34H37ClN4O2S/c1-5-22-9-7-10-23(6-2)31(22)39-30(17-21(3)4)27(33(40)38-16-8-11-26(36)19-38)18-28(34(39)41)32-37-29(20-42-32)24-12-14-25(35)15-13-24/h7,9-10,12-15,17-18,20,26H,5-6,8,11,16,19,36H2,1-4H3. The molecule has 8 heteroatoms. The second-order valence-electron chi connectivity index (χ2n) is 11.0. The number of halogens is 1. The van der Waals surface area contributed by atoms with E-state index < -0.39 is 0 Å². The molecule has 2 aromatic heterocycles. The number of allylic oxidation sites excluding steroid dienone is 1. The summed E-state index contributed by atoms with van der Waals surface area (Å²) in [4.78, 5) is 35.6. The molecule has 42 heavy (non-hydrogen) atoms. The first-order valence-corrected chi connectivity index (χ1v) is 15.8. The number of piperidine rings is 1. The van der Waals surface area contributed by atoms with Gasteiger partial charge in [0.1, 0.15) is 5.01 Å². The Morgan fingerprint density at radius 3 is 2.43 bits per heavy atom. The number of pyridine rings is 1. The fraction of sp³-hybridized carbons (Fsp3) is 0.324. The van der Waals surface area contributed by atoms with Gasteiger partial charge in [-0.15, -0.1) is 11.3 Å². The number of nitrogens with two attached hydrogens (primary N) is 1. The summed E-state index contributed by atoms with van der Waals surface area (Å²) in [5, 5.41) is 3.15. The van der Waals surface area contributed by atoms with Gasteiger partial charge in [0.2, 0.25) is 0 Å². The number of aryl methyl sites for hydroxylation is 2. The SMILES string of the molecule is CCc1cccc(CC)c1-n1c(C=C(C)C)c(C(=O)N2CCCC(N)C2)cc(-c2nc(-c3ccc(Cl)cc3)cs2)c1=O. The van der Waals surface area contributed by atoms with Crippen molar-refractivity contribution in [1.82, 2.24) is 14.5 Å². The Balaban J connectivity index is 1.82. The quantitative estimate of drug-likeness (QED) is 0.240. The van der Waals surface area contributed by atoms with Gasteiger partial charge in [-0.05, 0) is 74.9 Å². The van der Waals surface area contributed by atoms with Crippen molar-refractivity contribution in [3.05, 3.63) is 97.2 Å². The molecule has 2 N–H and O–H groups in total. The van der Waals surface area contributed by atoms with Gasteiger partial charge in [0.15, 0.2) is 0 Å². The Kier molecular flexibility index (Phi) is 9.11. The molecule has 1 fully saturated rings. The highest BCUT2D eigenvalue weighted by Gasteiger charge is 2.29. The highest BCUT2D eigenvalue weighted by molar-refractivity contribution is 7.13. The lowest BCUT2D eigenvalue weighted by Gasteiger charge is -2.32. The van der Waals surface area contributed by atoms with E-state index in [1.54, 1.807) is 10.6 Å². The highest BCUT2D eigenvalue weighted by Crippen LogP contribution is 2.32. The van der Waals surface area contributed by atoms with Crippen molar-refractivity contribution in [2.24, 2.45) is 5.73 Å². The number of likely N-dealkylation sites (tertiary alicyclic amines) is 1. The summed E-state index contributed by atoms with van der Waals surface area (Å²) in [6.07, 6.45) is 5.19. The molecule has 0 bridgehead atoms. The number of thiazole rings is 1. The van der Waals surface area contributed by atoms with E-state index in [2.05, 4.69) is 26.0 Å². The lowest BCUT2D eigenvalue weighted by atomic mass is 9.99. The molecule has 1 aliphatic heterocycles. The minimum Gasteiger partial charge on any atom is -0.337 e. The summed E-state index contributed by atoms with van der Waals surface area (Å²) in [7, 11) is 0. The number of nitrogens with zero attached hydrogens (tertiary/aromatic N) is 3. The molecule has 3 heterocycles. The molecule has 5 rings (SSSR count). The number of benzene rings is 2. The van der Waals surface area contributed by atoms with Gasteiger partial charge in [0.05, 0.1) is 28.2 Å². The van der Waals surface area contributed by atoms with Crippen LogP contribution in [-0.2, 0) is 12.8 Å². The third-order valence-electron chi connectivity index (χ3n) is 7.70. The van der Waals surface area contributed by atoms with E-state index >= 15 is 0 Å². The van der Waals surface area contributed by atoms with Crippen LogP contribution in [0.1, 0.15) is 67.7 Å². The lowest BCUT2D eigenvalue weighted by Crippen LogP contribution is -2.46. The average molecular weight is 601 g/mol. The largest absolute Gasteiger partial charge is 0.337 e. The molecule has 218 valence electrons. The number of aromatic nitrogens is 2. The highest BCUT2D eigenvalue weighted by atomic mass is 35.5. The predicted molar refractivity (Wildman–Crippen MR) is 175 cm³/mol. The van der Waals surface area contributed by atoms with Crippen molar-refractivity contribution >= 4 is 34.9 Å². The molecule has 0 spiro atoms. The van der Waals surface area contributed by atoms with E-state index in [-0.39, 0.29) is 17.5 Å². The zero-order valence-electron chi connectivity index (χ0n) is 24.6. The topological polar surface area (TPSA) is 81.2 Å². The summed E-state index contributed by atoms with van der Waals surface area (Å²) >= 11 is 7.50. The van der Waals surface area contributed by atoms with Crippen molar-refractivity contribution in [2.75, 3.05) is 13.1 Å². The number of amides is 1. The lowest BCUT2D eigenvalue weighted by molar-refractivity contribution is 0.0708. The molecule has 1 amide bonds. The van der Waals surface area contributed by atoms with Gasteiger partial charge in [-0.3, -0.25) is 14.2 Å². The molecule has 1 unspecified atom stereocenters. The normalized spacial score (nSPS) is 15.1. The molecule has 0 radical (unpaired) electrons. The first-order chi connectivity index (χ1) is 20.2. The maximum Gasteiger partial charge on any atom is 0.265 e. The van der Waals surface area contributed by atoms with Crippen molar-refractivity contribution in [1.29, 1.82) is 0 Å². The number of para-hydroxylation sites is 1. The summed E-state index contributed by atoms with van der Waals surface area (Å²) in [6, 6.07) is 15.3. The Bertz CT molecular complexity index is 1680. The van der Waals surface area contributed by atoms with Crippen molar-refractivity contribution in [3.8, 4) is 27.5 Å². The van der Waals surface area contributed by atoms with Crippen LogP contribution in [0, 0.1) is 0 Å². The molecule has 1 aliphatic rings. The Hall–Kier alpha value is -3.52. The van der Waals surface area contributed by atoms with E-state index in [9.17, 15) is 9.59 Å². The summed E-state index contributed by atoms with van der Waals surface area (Å²) in [5.41, 5.74) is 13.2. The van der Waals surface area contributed by atoms with E-state index in [1.165, 1.54) is 11.3 Å². The first-order valence-electron chi connectivity index (χ1n) is 14.5. The molecule has 0 saturated carbocycles. The molecule has 0 aliphatic carbocycles. The fourth-order valence-electron chi connectivity index (χ4n) is 5.61. The number of hydrogen-bond acceptors (Lipinski definition) is 5. The minimum absolute atomic E-state index is 0.0617. The molecular weight excluding hydrogens is 564 g/mol. The van der Waals surface area contributed by atoms with Crippen molar-refractivity contribution in [2.45, 2.75) is 59.4 Å². The average Bonchev–Trinajstić information content (AvgIpc) is 3.47. The van der Waals surface area contributed by atoms with Gasteiger partial charge in [-0.1, -0.05) is 61.4 Å². The summed E-state index contributed by atoms with van der Waals surface area (Å²) < 4.78 is 1.76. The van der Waals surface area contributed by atoms with Crippen LogP contribution in [0.5, 0.6) is 0 Å². The fourth-order valence-corrected chi connectivity index (χ4v) is 6.57. The monoisotopic (exact) mass is 600 g/mol. The van der Waals surface area contributed by atoms with Crippen LogP contribution in [0.3, 0.4) is 0 Å². The minimum atomic E-state index is -0.193. The van der Waals surface area contributed by atoms with E-state index in [1.807, 2.05) is 60.5 Å². The van der Waals surface area contributed by atoms with Gasteiger partial charge in [0, 0.05) is 35.1 Å². The van der Waals surface area contributed by atoms with Crippen molar-refractivity contribution < 1.29 is 4.79 Å². The predicted octanol–water partition coefficient (Wildman–Crippen LogP) is 7.39. The van der Waals surface area contributed by atoms with Crippen LogP contribution in [-0.4, -0.2) is 39.5 Å². The molecule has 2 aromatic carbocycles. The number of carbonyl (C=O) groups excluding carboxylic acids is 1. The van der Waals surface area contributed by atoms with Gasteiger partial charge < -0.3 is 10.6 Å². The van der Waals surface area contributed by atoms with Gasteiger partial charge in [-0.2, -0.15) is 0 Å². The molecular formula is C34H37ClN4O2S. The number of carbonyl (C=O) groups is 1.